The molecule has 0 aliphatic rings. The predicted molar refractivity (Wildman–Crippen MR) is 35.7 cm³/mol. The lowest BCUT2D eigenvalue weighted by Gasteiger charge is -2.04. The highest BCUT2D eigenvalue weighted by Crippen LogP contribution is 1.89. The molecule has 0 fully saturated rings. The van der Waals surface area contributed by atoms with Gasteiger partial charge in [0.05, 0.1) is 0 Å². The second-order valence-corrected chi connectivity index (χ2v) is 1.60. The van der Waals surface area contributed by atoms with Crippen LogP contribution in [0.2, 0.25) is 0 Å². The van der Waals surface area contributed by atoms with E-state index in [2.05, 4.69) is 11.8 Å². The summed E-state index contributed by atoms with van der Waals surface area (Å²) in [6.07, 6.45) is -0.0309. The number of aliphatic hydroxyl groups excluding tert-OH is 1. The van der Waals surface area contributed by atoms with Crippen molar-refractivity contribution in [2.75, 3.05) is 6.61 Å². The number of rotatable bonds is 3. The van der Waals surface area contributed by atoms with Gasteiger partial charge in [-0.2, -0.15) is 0 Å². The summed E-state index contributed by atoms with van der Waals surface area (Å²) in [4.78, 5) is 0. The van der Waals surface area contributed by atoms with Gasteiger partial charge >= 0.3 is 0 Å². The molecule has 2 nitrogen and oxygen atoms in total. The fraction of sp³-hybridized carbons (Fsp3) is 0.714. The van der Waals surface area contributed by atoms with Crippen LogP contribution in [0.3, 0.4) is 0 Å². The van der Waals surface area contributed by atoms with E-state index in [1.807, 2.05) is 6.92 Å². The second-order valence-electron chi connectivity index (χ2n) is 1.60. The smallest absolute Gasteiger partial charge is 0.155 e. The van der Waals surface area contributed by atoms with Crippen molar-refractivity contribution in [3.63, 3.8) is 0 Å². The number of hydrogen-bond acceptors (Lipinski definition) is 2. The molecule has 9 heavy (non-hydrogen) atoms. The molecule has 0 spiro atoms. The van der Waals surface area contributed by atoms with Gasteiger partial charge in [0.1, 0.15) is 6.61 Å². The van der Waals surface area contributed by atoms with Crippen molar-refractivity contribution in [2.24, 2.45) is 0 Å². The first-order valence-electron chi connectivity index (χ1n) is 3.00. The molecule has 1 N–H and O–H groups in total. The molecule has 0 saturated heterocycles. The van der Waals surface area contributed by atoms with Crippen LogP contribution in [0.25, 0.3) is 0 Å². The fourth-order valence-electron chi connectivity index (χ4n) is 0.328. The van der Waals surface area contributed by atoms with Crippen LogP contribution < -0.4 is 0 Å². The van der Waals surface area contributed by atoms with Gasteiger partial charge < -0.3 is 9.84 Å². The first kappa shape index (κ1) is 8.48. The minimum Gasteiger partial charge on any atom is -0.368 e. The standard InChI is InChI=1S/C7H12O2/c1-3-5-6-9-7(8)4-2/h7-8H,4,6H2,1-2H3. The van der Waals surface area contributed by atoms with Crippen molar-refractivity contribution in [3.05, 3.63) is 0 Å². The van der Waals surface area contributed by atoms with Crippen LogP contribution in [0, 0.1) is 11.8 Å². The summed E-state index contributed by atoms with van der Waals surface area (Å²) in [5.74, 6) is 5.34. The van der Waals surface area contributed by atoms with Crippen molar-refractivity contribution in [1.82, 2.24) is 0 Å². The van der Waals surface area contributed by atoms with E-state index in [4.69, 9.17) is 9.84 Å². The maximum Gasteiger partial charge on any atom is 0.155 e. The van der Waals surface area contributed by atoms with Gasteiger partial charge in [-0.3, -0.25) is 0 Å². The van der Waals surface area contributed by atoms with E-state index < -0.39 is 6.29 Å². The Morgan fingerprint density at radius 2 is 2.33 bits per heavy atom. The van der Waals surface area contributed by atoms with Crippen LogP contribution in [0.5, 0.6) is 0 Å². The van der Waals surface area contributed by atoms with E-state index in [-0.39, 0.29) is 0 Å². The SMILES string of the molecule is CC#CCOC(O)CC. The van der Waals surface area contributed by atoms with Crippen molar-refractivity contribution >= 4 is 0 Å². The van der Waals surface area contributed by atoms with E-state index in [1.54, 1.807) is 6.92 Å². The molecule has 1 atom stereocenters. The normalized spacial score (nSPS) is 11.9. The number of aliphatic hydroxyl groups is 1. The van der Waals surface area contributed by atoms with E-state index in [0.29, 0.717) is 13.0 Å². The number of hydrogen-bond donors (Lipinski definition) is 1. The van der Waals surface area contributed by atoms with Gasteiger partial charge in [0.15, 0.2) is 6.29 Å². The van der Waals surface area contributed by atoms with E-state index in [1.165, 1.54) is 0 Å². The van der Waals surface area contributed by atoms with Crippen LogP contribution in [-0.4, -0.2) is 18.0 Å². The Morgan fingerprint density at radius 1 is 1.67 bits per heavy atom. The van der Waals surface area contributed by atoms with Gasteiger partial charge in [0, 0.05) is 0 Å². The van der Waals surface area contributed by atoms with Crippen molar-refractivity contribution in [3.8, 4) is 11.8 Å². The molecular formula is C7H12O2. The molecule has 1 unspecified atom stereocenters. The summed E-state index contributed by atoms with van der Waals surface area (Å²) in [6, 6.07) is 0. The third-order valence-corrected chi connectivity index (χ3v) is 0.874. The van der Waals surface area contributed by atoms with E-state index in [0.717, 1.165) is 0 Å². The molecular weight excluding hydrogens is 116 g/mol. The van der Waals surface area contributed by atoms with Crippen LogP contribution in [0.1, 0.15) is 20.3 Å². The summed E-state index contributed by atoms with van der Waals surface area (Å²) in [5.41, 5.74) is 0. The highest BCUT2D eigenvalue weighted by atomic mass is 16.6. The Balaban J connectivity index is 3.13. The van der Waals surface area contributed by atoms with Crippen molar-refractivity contribution in [1.29, 1.82) is 0 Å². The first-order valence-corrected chi connectivity index (χ1v) is 3.00. The van der Waals surface area contributed by atoms with Gasteiger partial charge in [0.25, 0.3) is 0 Å². The van der Waals surface area contributed by atoms with Crippen LogP contribution >= 0.6 is 0 Å². The molecule has 0 aliphatic heterocycles. The minimum atomic E-state index is -0.647. The van der Waals surface area contributed by atoms with Gasteiger partial charge in [-0.25, -0.2) is 0 Å². The molecule has 52 valence electrons. The topological polar surface area (TPSA) is 29.5 Å². The Bertz CT molecular complexity index is 110. The quantitative estimate of drug-likeness (QED) is 0.449. The molecule has 0 saturated carbocycles. The average molecular weight is 128 g/mol. The summed E-state index contributed by atoms with van der Waals surface area (Å²) < 4.78 is 4.81. The monoisotopic (exact) mass is 128 g/mol. The third-order valence-electron chi connectivity index (χ3n) is 0.874. The molecule has 0 aliphatic carbocycles. The zero-order valence-corrected chi connectivity index (χ0v) is 5.85. The zero-order chi connectivity index (χ0) is 7.11. The van der Waals surface area contributed by atoms with Crippen LogP contribution in [-0.2, 0) is 4.74 Å². The van der Waals surface area contributed by atoms with E-state index >= 15 is 0 Å². The predicted octanol–water partition coefficient (Wildman–Crippen LogP) is 0.755. The fourth-order valence-corrected chi connectivity index (χ4v) is 0.328. The van der Waals surface area contributed by atoms with Crippen LogP contribution in [0.15, 0.2) is 0 Å². The van der Waals surface area contributed by atoms with E-state index in [9.17, 15) is 0 Å². The minimum absolute atomic E-state index is 0.325. The number of ether oxygens (including phenoxy) is 1. The summed E-state index contributed by atoms with van der Waals surface area (Å²) >= 11 is 0. The van der Waals surface area contributed by atoms with Crippen molar-refractivity contribution in [2.45, 2.75) is 26.6 Å². The molecule has 0 bridgehead atoms. The molecule has 0 aromatic heterocycles. The Morgan fingerprint density at radius 3 is 2.78 bits per heavy atom. The molecule has 0 heterocycles. The molecule has 0 rings (SSSR count). The largest absolute Gasteiger partial charge is 0.368 e. The zero-order valence-electron chi connectivity index (χ0n) is 5.85. The maximum atomic E-state index is 8.79. The lowest BCUT2D eigenvalue weighted by molar-refractivity contribution is -0.0878. The first-order chi connectivity index (χ1) is 4.31. The highest BCUT2D eigenvalue weighted by molar-refractivity contribution is 4.94. The summed E-state index contributed by atoms with van der Waals surface area (Å²) in [6.45, 7) is 3.91. The summed E-state index contributed by atoms with van der Waals surface area (Å²) in [7, 11) is 0. The molecule has 0 radical (unpaired) electrons. The highest BCUT2D eigenvalue weighted by Gasteiger charge is 1.95. The van der Waals surface area contributed by atoms with Crippen molar-refractivity contribution < 1.29 is 9.84 Å². The maximum absolute atomic E-state index is 8.79. The molecule has 0 aromatic carbocycles. The third kappa shape index (κ3) is 5.35. The second kappa shape index (κ2) is 5.61. The summed E-state index contributed by atoms with van der Waals surface area (Å²) in [5, 5.41) is 8.79. The lowest BCUT2D eigenvalue weighted by Crippen LogP contribution is -2.09. The van der Waals surface area contributed by atoms with Gasteiger partial charge in [-0.05, 0) is 13.3 Å². The van der Waals surface area contributed by atoms with Crippen LogP contribution in [0.4, 0.5) is 0 Å². The lowest BCUT2D eigenvalue weighted by atomic mass is 10.5. The molecule has 0 amide bonds. The molecule has 2 heteroatoms. The van der Waals surface area contributed by atoms with Gasteiger partial charge in [-0.15, -0.1) is 5.92 Å². The Kier molecular flexibility index (Phi) is 5.29. The average Bonchev–Trinajstić information content (AvgIpc) is 1.89. The molecule has 0 aromatic rings. The Labute approximate surface area is 55.8 Å². The van der Waals surface area contributed by atoms with Gasteiger partial charge in [-0.1, -0.05) is 12.8 Å². The Hall–Kier alpha value is -0.520. The van der Waals surface area contributed by atoms with Gasteiger partial charge in [0.2, 0.25) is 0 Å².